The summed E-state index contributed by atoms with van der Waals surface area (Å²) in [6.07, 6.45) is 0. The number of ether oxygens (including phenoxy) is 1. The fourth-order valence-electron chi connectivity index (χ4n) is 1.84. The number of halogens is 2. The van der Waals surface area contributed by atoms with E-state index >= 15 is 0 Å². The van der Waals surface area contributed by atoms with Gasteiger partial charge in [0.25, 0.3) is 0 Å². The number of hydrogen-bond acceptors (Lipinski definition) is 2. The topological polar surface area (TPSA) is 26.3 Å². The molecule has 0 unspecified atom stereocenters. The second kappa shape index (κ2) is 6.08. The third-order valence-corrected chi connectivity index (χ3v) is 3.63. The molecule has 21 heavy (non-hydrogen) atoms. The lowest BCUT2D eigenvalue weighted by molar-refractivity contribution is 0.0735. The highest BCUT2D eigenvalue weighted by atomic mass is 35.5. The van der Waals surface area contributed by atoms with Gasteiger partial charge in [0.05, 0.1) is 10.6 Å². The number of benzene rings is 2. The summed E-state index contributed by atoms with van der Waals surface area (Å²) in [6.45, 7) is 6.38. The van der Waals surface area contributed by atoms with Crippen LogP contribution < -0.4 is 4.74 Å². The van der Waals surface area contributed by atoms with E-state index in [4.69, 9.17) is 27.9 Å². The van der Waals surface area contributed by atoms with Crippen molar-refractivity contribution < 1.29 is 9.53 Å². The van der Waals surface area contributed by atoms with Crippen LogP contribution in [0.4, 0.5) is 0 Å². The Balaban J connectivity index is 2.16. The highest BCUT2D eigenvalue weighted by Gasteiger charge is 2.15. The molecular formula is C17H16Cl2O2. The molecule has 0 bridgehead atoms. The zero-order valence-electron chi connectivity index (χ0n) is 12.1. The van der Waals surface area contributed by atoms with Crippen molar-refractivity contribution in [2.75, 3.05) is 0 Å². The van der Waals surface area contributed by atoms with Crippen molar-refractivity contribution in [3.05, 3.63) is 63.6 Å². The Morgan fingerprint density at radius 1 is 1.00 bits per heavy atom. The first-order chi connectivity index (χ1) is 9.77. The van der Waals surface area contributed by atoms with Crippen LogP contribution in [0, 0.1) is 0 Å². The largest absolute Gasteiger partial charge is 0.423 e. The van der Waals surface area contributed by atoms with Crippen molar-refractivity contribution in [2.45, 2.75) is 26.2 Å². The van der Waals surface area contributed by atoms with Gasteiger partial charge >= 0.3 is 5.97 Å². The maximum atomic E-state index is 12.1. The molecule has 0 saturated carbocycles. The molecule has 0 aromatic heterocycles. The molecule has 0 heterocycles. The van der Waals surface area contributed by atoms with Gasteiger partial charge in [0.15, 0.2) is 0 Å². The molecule has 0 saturated heterocycles. The zero-order valence-corrected chi connectivity index (χ0v) is 13.6. The van der Waals surface area contributed by atoms with Gasteiger partial charge in [-0.05, 0) is 41.3 Å². The zero-order chi connectivity index (χ0) is 15.6. The van der Waals surface area contributed by atoms with E-state index in [1.54, 1.807) is 24.3 Å². The predicted molar refractivity (Wildman–Crippen MR) is 86.6 cm³/mol. The average molecular weight is 323 g/mol. The van der Waals surface area contributed by atoms with Crippen LogP contribution in [0.2, 0.25) is 10.0 Å². The molecule has 0 aliphatic carbocycles. The second-order valence-corrected chi connectivity index (χ2v) is 6.63. The van der Waals surface area contributed by atoms with Gasteiger partial charge in [-0.1, -0.05) is 56.1 Å². The lowest BCUT2D eigenvalue weighted by atomic mass is 9.87. The number of hydrogen-bond donors (Lipinski definition) is 0. The van der Waals surface area contributed by atoms with E-state index in [9.17, 15) is 4.79 Å². The van der Waals surface area contributed by atoms with Crippen LogP contribution in [0.1, 0.15) is 36.7 Å². The minimum Gasteiger partial charge on any atom is -0.423 e. The summed E-state index contributed by atoms with van der Waals surface area (Å²) in [5.74, 6) is -0.0146. The molecule has 110 valence electrons. The molecule has 0 radical (unpaired) electrons. The normalized spacial score (nSPS) is 11.3. The molecule has 0 atom stereocenters. The molecule has 0 amide bonds. The molecule has 4 heteroatoms. The number of carbonyl (C=O) groups excluding carboxylic acids is 1. The summed E-state index contributed by atoms with van der Waals surface area (Å²) in [5, 5.41) is 0.755. The quantitative estimate of drug-likeness (QED) is 0.538. The van der Waals surface area contributed by atoms with E-state index in [-0.39, 0.29) is 10.4 Å². The minimum absolute atomic E-state index is 0.0576. The van der Waals surface area contributed by atoms with Gasteiger partial charge in [0.1, 0.15) is 5.75 Å². The summed E-state index contributed by atoms with van der Waals surface area (Å²) in [7, 11) is 0. The standard InChI is InChI=1S/C17H16Cl2O2/c1-17(2,3)11-4-7-13(8-5-11)21-16(20)14-9-6-12(18)10-15(14)19/h4-10H,1-3H3. The smallest absolute Gasteiger partial charge is 0.345 e. The lowest BCUT2D eigenvalue weighted by Gasteiger charge is -2.19. The van der Waals surface area contributed by atoms with Gasteiger partial charge in [-0.3, -0.25) is 0 Å². The van der Waals surface area contributed by atoms with Gasteiger partial charge in [-0.2, -0.15) is 0 Å². The Labute approximate surface area is 134 Å². The maximum Gasteiger partial charge on any atom is 0.345 e. The van der Waals surface area contributed by atoms with Crippen LogP contribution in [0.15, 0.2) is 42.5 Å². The Kier molecular flexibility index (Phi) is 4.60. The van der Waals surface area contributed by atoms with E-state index < -0.39 is 5.97 Å². The first-order valence-corrected chi connectivity index (χ1v) is 7.31. The fraction of sp³-hybridized carbons (Fsp3) is 0.235. The molecule has 0 aliphatic rings. The Morgan fingerprint density at radius 3 is 2.14 bits per heavy atom. The molecule has 2 aromatic rings. The summed E-state index contributed by atoms with van der Waals surface area (Å²) in [5.41, 5.74) is 1.52. The summed E-state index contributed by atoms with van der Waals surface area (Å²) in [4.78, 5) is 12.1. The van der Waals surface area contributed by atoms with Crippen LogP contribution in [-0.4, -0.2) is 5.97 Å². The van der Waals surface area contributed by atoms with Gasteiger partial charge < -0.3 is 4.74 Å². The van der Waals surface area contributed by atoms with E-state index in [0.717, 1.165) is 0 Å². The second-order valence-electron chi connectivity index (χ2n) is 5.79. The van der Waals surface area contributed by atoms with E-state index in [1.165, 1.54) is 11.6 Å². The number of esters is 1. The summed E-state index contributed by atoms with van der Waals surface area (Å²) in [6, 6.07) is 12.1. The van der Waals surface area contributed by atoms with Gasteiger partial charge in [0.2, 0.25) is 0 Å². The predicted octanol–water partition coefficient (Wildman–Crippen LogP) is 5.51. The van der Waals surface area contributed by atoms with E-state index in [2.05, 4.69) is 20.8 Å². The van der Waals surface area contributed by atoms with Crippen molar-refractivity contribution >= 4 is 29.2 Å². The van der Waals surface area contributed by atoms with Crippen molar-refractivity contribution in [1.29, 1.82) is 0 Å². The molecule has 2 nitrogen and oxygen atoms in total. The molecule has 0 N–H and O–H groups in total. The first kappa shape index (κ1) is 15.9. The molecule has 2 rings (SSSR count). The van der Waals surface area contributed by atoms with Gasteiger partial charge in [-0.25, -0.2) is 4.79 Å². The van der Waals surface area contributed by atoms with Crippen LogP contribution in [0.5, 0.6) is 5.75 Å². The molecule has 0 spiro atoms. The van der Waals surface area contributed by atoms with E-state index in [1.807, 2.05) is 12.1 Å². The Bertz CT molecular complexity index is 655. The van der Waals surface area contributed by atoms with Crippen LogP contribution in [0.25, 0.3) is 0 Å². The minimum atomic E-state index is -0.500. The molecule has 0 fully saturated rings. The third-order valence-electron chi connectivity index (χ3n) is 3.08. The third kappa shape index (κ3) is 3.99. The highest BCUT2D eigenvalue weighted by molar-refractivity contribution is 6.36. The monoisotopic (exact) mass is 322 g/mol. The van der Waals surface area contributed by atoms with Crippen LogP contribution in [-0.2, 0) is 5.41 Å². The van der Waals surface area contributed by atoms with Crippen molar-refractivity contribution in [3.63, 3.8) is 0 Å². The van der Waals surface area contributed by atoms with Crippen LogP contribution in [0.3, 0.4) is 0 Å². The summed E-state index contributed by atoms with van der Waals surface area (Å²) < 4.78 is 5.32. The van der Waals surface area contributed by atoms with Crippen molar-refractivity contribution in [2.24, 2.45) is 0 Å². The lowest BCUT2D eigenvalue weighted by Crippen LogP contribution is -2.12. The SMILES string of the molecule is CC(C)(C)c1ccc(OC(=O)c2ccc(Cl)cc2Cl)cc1. The Morgan fingerprint density at radius 2 is 1.62 bits per heavy atom. The number of carbonyl (C=O) groups is 1. The van der Waals surface area contributed by atoms with Crippen molar-refractivity contribution in [1.82, 2.24) is 0 Å². The average Bonchev–Trinajstić information content (AvgIpc) is 2.38. The Hall–Kier alpha value is -1.51. The maximum absolute atomic E-state index is 12.1. The number of rotatable bonds is 2. The molecule has 2 aromatic carbocycles. The highest BCUT2D eigenvalue weighted by Crippen LogP contribution is 2.26. The first-order valence-electron chi connectivity index (χ1n) is 6.55. The van der Waals surface area contributed by atoms with Crippen molar-refractivity contribution in [3.8, 4) is 5.75 Å². The fourth-order valence-corrected chi connectivity index (χ4v) is 2.33. The molecular weight excluding hydrogens is 307 g/mol. The summed E-state index contributed by atoms with van der Waals surface area (Å²) >= 11 is 11.8. The van der Waals surface area contributed by atoms with E-state index in [0.29, 0.717) is 16.3 Å². The molecule has 0 aliphatic heterocycles. The van der Waals surface area contributed by atoms with Crippen LogP contribution >= 0.6 is 23.2 Å². The van der Waals surface area contributed by atoms with Gasteiger partial charge in [0, 0.05) is 5.02 Å². The van der Waals surface area contributed by atoms with Gasteiger partial charge in [-0.15, -0.1) is 0 Å².